The van der Waals surface area contributed by atoms with Gasteiger partial charge in [0, 0.05) is 18.1 Å². The highest BCUT2D eigenvalue weighted by Gasteiger charge is 2.29. The maximum Gasteiger partial charge on any atom is 0.300 e. The van der Waals surface area contributed by atoms with Crippen molar-refractivity contribution in [1.82, 2.24) is 0 Å². The molecule has 2 aromatic rings. The van der Waals surface area contributed by atoms with E-state index in [1.54, 1.807) is 12.1 Å². The molecule has 0 aromatic heterocycles. The SMILES string of the molecule is CC(=O)O.Cc1ccc(C(=O)C(Br)(Br)Br)cc1.Cc1ccc(C=O)cc1. The van der Waals surface area contributed by atoms with Crippen molar-refractivity contribution >= 4 is 65.8 Å². The van der Waals surface area contributed by atoms with Crippen molar-refractivity contribution in [3.63, 3.8) is 0 Å². The molecule has 2 aromatic carbocycles. The smallest absolute Gasteiger partial charge is 0.300 e. The van der Waals surface area contributed by atoms with Gasteiger partial charge in [0.15, 0.2) is 2.14 Å². The summed E-state index contributed by atoms with van der Waals surface area (Å²) in [5.74, 6) is -0.882. The Morgan fingerprint density at radius 3 is 1.54 bits per heavy atom. The van der Waals surface area contributed by atoms with Crippen molar-refractivity contribution in [2.24, 2.45) is 0 Å². The number of aldehydes is 1. The lowest BCUT2D eigenvalue weighted by molar-refractivity contribution is -0.134. The maximum absolute atomic E-state index is 11.6. The number of halogens is 3. The molecule has 4 nitrogen and oxygen atoms in total. The minimum atomic E-state index is -0.845. The van der Waals surface area contributed by atoms with E-state index in [2.05, 4.69) is 47.8 Å². The number of aliphatic carboxylic acids is 1. The highest BCUT2D eigenvalue weighted by Crippen LogP contribution is 2.36. The van der Waals surface area contributed by atoms with Gasteiger partial charge in [-0.3, -0.25) is 14.4 Å². The van der Waals surface area contributed by atoms with Crippen LogP contribution in [0.25, 0.3) is 0 Å². The van der Waals surface area contributed by atoms with Gasteiger partial charge in [-0.1, -0.05) is 107 Å². The van der Waals surface area contributed by atoms with Gasteiger partial charge in [0.25, 0.3) is 5.97 Å². The third kappa shape index (κ3) is 11.3. The molecule has 0 saturated carbocycles. The number of Topliss-reactive ketones (excluding diaryl/α,β-unsaturated/α-hetero) is 1. The van der Waals surface area contributed by atoms with Crippen molar-refractivity contribution < 1.29 is 19.5 Å². The van der Waals surface area contributed by atoms with Crippen LogP contribution in [0.5, 0.6) is 0 Å². The molecule has 7 heteroatoms. The lowest BCUT2D eigenvalue weighted by Gasteiger charge is -2.10. The monoisotopic (exact) mass is 548 g/mol. The zero-order chi connectivity index (χ0) is 20.3. The number of hydrogen-bond donors (Lipinski definition) is 1. The van der Waals surface area contributed by atoms with Crippen LogP contribution in [-0.2, 0) is 4.79 Å². The van der Waals surface area contributed by atoms with Gasteiger partial charge in [-0.05, 0) is 13.8 Å². The van der Waals surface area contributed by atoms with Crippen LogP contribution in [0.3, 0.4) is 0 Å². The van der Waals surface area contributed by atoms with E-state index in [-0.39, 0.29) is 5.78 Å². The Kier molecular flexibility index (Phi) is 11.5. The predicted octanol–water partition coefficient (Wildman–Crippen LogP) is 5.91. The first kappa shape index (κ1) is 24.7. The fourth-order valence-electron chi connectivity index (χ4n) is 1.51. The second-order valence-corrected chi connectivity index (χ2v) is 12.0. The third-order valence-corrected chi connectivity index (χ3v) is 3.87. The topological polar surface area (TPSA) is 71.4 Å². The molecule has 1 N–H and O–H groups in total. The van der Waals surface area contributed by atoms with Gasteiger partial charge < -0.3 is 5.11 Å². The molecular formula is C19H19Br3O4. The molecule has 140 valence electrons. The fraction of sp³-hybridized carbons (Fsp3) is 0.211. The van der Waals surface area contributed by atoms with E-state index in [4.69, 9.17) is 9.90 Å². The average molecular weight is 551 g/mol. The molecule has 0 fully saturated rings. The summed E-state index contributed by atoms with van der Waals surface area (Å²) < 4.78 is -0.845. The highest BCUT2D eigenvalue weighted by molar-refractivity contribution is 9.40. The van der Waals surface area contributed by atoms with Crippen LogP contribution >= 0.6 is 47.8 Å². The van der Waals surface area contributed by atoms with Crippen molar-refractivity contribution in [1.29, 1.82) is 0 Å². The number of ketones is 1. The maximum atomic E-state index is 11.6. The molecule has 0 aliphatic rings. The van der Waals surface area contributed by atoms with Crippen molar-refractivity contribution in [2.75, 3.05) is 0 Å². The van der Waals surface area contributed by atoms with Crippen molar-refractivity contribution in [3.8, 4) is 0 Å². The van der Waals surface area contributed by atoms with Gasteiger partial charge in [0.1, 0.15) is 6.29 Å². The average Bonchev–Trinajstić information content (AvgIpc) is 2.55. The molecule has 0 radical (unpaired) electrons. The number of carboxylic acid groups (broad SMARTS) is 1. The number of rotatable bonds is 2. The largest absolute Gasteiger partial charge is 0.481 e. The second kappa shape index (κ2) is 12.1. The Morgan fingerprint density at radius 2 is 1.23 bits per heavy atom. The molecule has 26 heavy (non-hydrogen) atoms. The summed E-state index contributed by atoms with van der Waals surface area (Å²) in [5, 5.41) is 7.42. The number of aryl methyl sites for hydroxylation is 2. The Balaban J connectivity index is 0.000000416. The predicted molar refractivity (Wildman–Crippen MR) is 115 cm³/mol. The van der Waals surface area contributed by atoms with E-state index in [1.165, 1.54) is 5.56 Å². The van der Waals surface area contributed by atoms with Gasteiger partial charge in [-0.25, -0.2) is 0 Å². The number of hydrogen-bond acceptors (Lipinski definition) is 3. The summed E-state index contributed by atoms with van der Waals surface area (Å²) in [6.45, 7) is 5.06. The van der Waals surface area contributed by atoms with Crippen LogP contribution in [0.15, 0.2) is 48.5 Å². The summed E-state index contributed by atoms with van der Waals surface area (Å²) in [6.07, 6.45) is 0.847. The molecule has 0 aliphatic carbocycles. The summed E-state index contributed by atoms with van der Waals surface area (Å²) in [6, 6.07) is 14.9. The van der Waals surface area contributed by atoms with Crippen LogP contribution in [0.4, 0.5) is 0 Å². The van der Waals surface area contributed by atoms with E-state index in [1.807, 2.05) is 50.2 Å². The van der Waals surface area contributed by atoms with E-state index >= 15 is 0 Å². The first-order valence-corrected chi connectivity index (χ1v) is 9.74. The molecule has 0 saturated heterocycles. The van der Waals surface area contributed by atoms with Gasteiger partial charge >= 0.3 is 0 Å². The van der Waals surface area contributed by atoms with E-state index < -0.39 is 8.11 Å². The molecule has 0 spiro atoms. The second-order valence-electron chi connectivity index (χ2n) is 5.24. The first-order valence-electron chi connectivity index (χ1n) is 7.37. The summed E-state index contributed by atoms with van der Waals surface area (Å²) in [4.78, 5) is 30.8. The molecule has 0 atom stereocenters. The lowest BCUT2D eigenvalue weighted by atomic mass is 10.1. The normalized spacial score (nSPS) is 9.77. The zero-order valence-electron chi connectivity index (χ0n) is 14.5. The van der Waals surface area contributed by atoms with Gasteiger partial charge in [-0.15, -0.1) is 0 Å². The van der Waals surface area contributed by atoms with Gasteiger partial charge in [0.05, 0.1) is 0 Å². The van der Waals surface area contributed by atoms with Crippen LogP contribution in [0.1, 0.15) is 38.8 Å². The summed E-state index contributed by atoms with van der Waals surface area (Å²) in [7, 11) is 0. The molecule has 0 aliphatic heterocycles. The van der Waals surface area contributed by atoms with E-state index in [9.17, 15) is 9.59 Å². The Hall–Kier alpha value is -1.31. The molecule has 0 bridgehead atoms. The highest BCUT2D eigenvalue weighted by atomic mass is 80.0. The molecule has 2 rings (SSSR count). The number of benzene rings is 2. The number of carbonyl (C=O) groups excluding carboxylic acids is 2. The van der Waals surface area contributed by atoms with E-state index in [0.717, 1.165) is 24.3 Å². The summed E-state index contributed by atoms with van der Waals surface area (Å²) >= 11 is 9.55. The van der Waals surface area contributed by atoms with Gasteiger partial charge in [-0.2, -0.15) is 0 Å². The zero-order valence-corrected chi connectivity index (χ0v) is 19.3. The molecule has 0 amide bonds. The van der Waals surface area contributed by atoms with Crippen LogP contribution in [-0.4, -0.2) is 25.3 Å². The van der Waals surface area contributed by atoms with Crippen LogP contribution in [0, 0.1) is 13.8 Å². The van der Waals surface area contributed by atoms with Crippen LogP contribution < -0.4 is 0 Å². The lowest BCUT2D eigenvalue weighted by Crippen LogP contribution is -2.16. The minimum Gasteiger partial charge on any atom is -0.481 e. The fourth-order valence-corrected chi connectivity index (χ4v) is 2.20. The number of carboxylic acids is 1. The van der Waals surface area contributed by atoms with Crippen molar-refractivity contribution in [2.45, 2.75) is 22.9 Å². The minimum absolute atomic E-state index is 0.0486. The third-order valence-electron chi connectivity index (χ3n) is 2.78. The molecule has 0 unspecified atom stereocenters. The molecular weight excluding hydrogens is 532 g/mol. The first-order chi connectivity index (χ1) is 12.0. The Labute approximate surface area is 178 Å². The quantitative estimate of drug-likeness (QED) is 0.286. The van der Waals surface area contributed by atoms with Gasteiger partial charge in [0.2, 0.25) is 5.78 Å². The van der Waals surface area contributed by atoms with E-state index in [0.29, 0.717) is 5.56 Å². The summed E-state index contributed by atoms with van der Waals surface area (Å²) in [5.41, 5.74) is 3.72. The Morgan fingerprint density at radius 1 is 0.885 bits per heavy atom. The van der Waals surface area contributed by atoms with Crippen molar-refractivity contribution in [3.05, 3.63) is 70.8 Å². The number of alkyl halides is 3. The molecule has 0 heterocycles. The Bertz CT molecular complexity index is 714. The van der Waals surface area contributed by atoms with Crippen LogP contribution in [0.2, 0.25) is 0 Å². The standard InChI is InChI=1S/C9H7Br3O.C8H8O.C2H4O2/c1-6-2-4-7(5-3-6)8(13)9(10,11)12;1-7-2-4-8(6-9)5-3-7;1-2(3)4/h2-5H,1H3;2-6H,1H3;1H3,(H,3,4). The number of carbonyl (C=O) groups is 3.